The molecule has 0 saturated carbocycles. The molecule has 18 heavy (non-hydrogen) atoms. The van der Waals surface area contributed by atoms with Crippen molar-refractivity contribution in [3.8, 4) is 0 Å². The first-order valence-electron chi connectivity index (χ1n) is 5.81. The maximum absolute atomic E-state index is 11.9. The number of benzene rings is 1. The van der Waals surface area contributed by atoms with Crippen LogP contribution in [0.3, 0.4) is 0 Å². The van der Waals surface area contributed by atoms with Gasteiger partial charge in [0.15, 0.2) is 9.84 Å². The maximum atomic E-state index is 11.9. The molecular weight excluding hydrogens is 254 g/mol. The number of hydrogen-bond acceptors (Lipinski definition) is 4. The van der Waals surface area contributed by atoms with Gasteiger partial charge < -0.3 is 0 Å². The van der Waals surface area contributed by atoms with Crippen LogP contribution in [-0.2, 0) is 19.5 Å². The van der Waals surface area contributed by atoms with Crippen molar-refractivity contribution in [1.29, 1.82) is 0 Å². The highest BCUT2D eigenvalue weighted by atomic mass is 32.2. The molecule has 0 spiro atoms. The number of carbonyl (C=O) groups excluding carboxylic acids is 1. The van der Waals surface area contributed by atoms with E-state index in [1.165, 1.54) is 17.2 Å². The molecule has 0 atom stereocenters. The Morgan fingerprint density at radius 3 is 2.61 bits per heavy atom. The summed E-state index contributed by atoms with van der Waals surface area (Å²) in [4.78, 5) is 17.0. The summed E-state index contributed by atoms with van der Waals surface area (Å²) in [7, 11) is -3.39. The lowest BCUT2D eigenvalue weighted by Crippen LogP contribution is -2.28. The van der Waals surface area contributed by atoms with Crippen LogP contribution in [0.2, 0.25) is 0 Å². The van der Waals surface area contributed by atoms with Crippen molar-refractivity contribution in [1.82, 2.24) is 5.06 Å². The molecule has 1 fully saturated rings. The van der Waals surface area contributed by atoms with Crippen LogP contribution in [0.15, 0.2) is 35.2 Å². The van der Waals surface area contributed by atoms with Crippen LogP contribution in [0.4, 0.5) is 0 Å². The van der Waals surface area contributed by atoms with E-state index in [1.807, 2.05) is 0 Å². The van der Waals surface area contributed by atoms with Crippen LogP contribution >= 0.6 is 0 Å². The smallest absolute Gasteiger partial charge is 0.247 e. The standard InChI is InChI=1S/C12H15NO4S/c14-12(13-8-4-9-17-13)7-10-18(15,16)11-5-2-1-3-6-11/h1-3,5-6H,4,7-10H2. The van der Waals surface area contributed by atoms with Crippen LogP contribution in [0.25, 0.3) is 0 Å². The average molecular weight is 269 g/mol. The summed E-state index contributed by atoms with van der Waals surface area (Å²) in [5.74, 6) is -0.456. The van der Waals surface area contributed by atoms with E-state index in [0.717, 1.165) is 6.42 Å². The molecule has 0 aliphatic carbocycles. The molecule has 2 rings (SSSR count). The van der Waals surface area contributed by atoms with Crippen molar-refractivity contribution in [2.24, 2.45) is 0 Å². The Bertz CT molecular complexity index is 506. The first kappa shape index (κ1) is 13.0. The summed E-state index contributed by atoms with van der Waals surface area (Å²) in [6.07, 6.45) is 0.758. The number of carbonyl (C=O) groups is 1. The highest BCUT2D eigenvalue weighted by molar-refractivity contribution is 7.91. The Balaban J connectivity index is 1.95. The van der Waals surface area contributed by atoms with Gasteiger partial charge in [-0.2, -0.15) is 0 Å². The van der Waals surface area contributed by atoms with E-state index in [2.05, 4.69) is 0 Å². The minimum absolute atomic E-state index is 0.0444. The molecule has 1 saturated heterocycles. The second kappa shape index (κ2) is 5.49. The molecular formula is C12H15NO4S. The molecule has 1 aromatic carbocycles. The largest absolute Gasteiger partial charge is 0.273 e. The van der Waals surface area contributed by atoms with E-state index in [9.17, 15) is 13.2 Å². The van der Waals surface area contributed by atoms with E-state index < -0.39 is 9.84 Å². The molecule has 1 aliphatic heterocycles. The monoisotopic (exact) mass is 269 g/mol. The van der Waals surface area contributed by atoms with Gasteiger partial charge in [0.2, 0.25) is 5.91 Å². The van der Waals surface area contributed by atoms with Gasteiger partial charge in [-0.1, -0.05) is 18.2 Å². The fourth-order valence-electron chi connectivity index (χ4n) is 1.74. The lowest BCUT2D eigenvalue weighted by atomic mass is 10.4. The highest BCUT2D eigenvalue weighted by Crippen LogP contribution is 2.13. The molecule has 1 aromatic rings. The van der Waals surface area contributed by atoms with E-state index in [1.54, 1.807) is 18.2 Å². The molecule has 0 aromatic heterocycles. The summed E-state index contributed by atoms with van der Waals surface area (Å²) in [6, 6.07) is 8.15. The van der Waals surface area contributed by atoms with Gasteiger partial charge in [-0.15, -0.1) is 0 Å². The Hall–Kier alpha value is -1.40. The first-order chi connectivity index (χ1) is 8.59. The summed E-state index contributed by atoms with van der Waals surface area (Å²) in [5.41, 5.74) is 0. The highest BCUT2D eigenvalue weighted by Gasteiger charge is 2.22. The Kier molecular flexibility index (Phi) is 3.98. The zero-order chi connectivity index (χ0) is 13.0. The lowest BCUT2D eigenvalue weighted by Gasteiger charge is -2.13. The average Bonchev–Trinajstić information content (AvgIpc) is 2.91. The molecule has 1 aliphatic rings. The number of hydroxylamine groups is 2. The van der Waals surface area contributed by atoms with Crippen molar-refractivity contribution in [2.75, 3.05) is 18.9 Å². The molecule has 0 radical (unpaired) electrons. The van der Waals surface area contributed by atoms with Crippen LogP contribution in [0, 0.1) is 0 Å². The Morgan fingerprint density at radius 2 is 2.00 bits per heavy atom. The molecule has 6 heteroatoms. The first-order valence-corrected chi connectivity index (χ1v) is 7.46. The second-order valence-electron chi connectivity index (χ2n) is 4.06. The zero-order valence-electron chi connectivity index (χ0n) is 9.91. The Labute approximate surface area is 106 Å². The van der Waals surface area contributed by atoms with Gasteiger partial charge in [-0.05, 0) is 18.6 Å². The molecule has 5 nitrogen and oxygen atoms in total. The van der Waals surface area contributed by atoms with Gasteiger partial charge in [-0.25, -0.2) is 13.5 Å². The van der Waals surface area contributed by atoms with E-state index in [4.69, 9.17) is 4.84 Å². The molecule has 0 bridgehead atoms. The molecule has 98 valence electrons. The fraction of sp³-hybridized carbons (Fsp3) is 0.417. The van der Waals surface area contributed by atoms with E-state index >= 15 is 0 Å². The topological polar surface area (TPSA) is 63.7 Å². The predicted octanol–water partition coefficient (Wildman–Crippen LogP) is 1.01. The SMILES string of the molecule is O=C(CCS(=O)(=O)c1ccccc1)N1CCCO1. The third-order valence-electron chi connectivity index (χ3n) is 2.72. The van der Waals surface area contributed by atoms with Gasteiger partial charge in [0, 0.05) is 6.42 Å². The van der Waals surface area contributed by atoms with Gasteiger partial charge in [0.05, 0.1) is 23.8 Å². The summed E-state index contributed by atoms with van der Waals surface area (Å²) in [6.45, 7) is 1.07. The fourth-order valence-corrected chi connectivity index (χ4v) is 2.99. The Morgan fingerprint density at radius 1 is 1.28 bits per heavy atom. The van der Waals surface area contributed by atoms with E-state index in [0.29, 0.717) is 13.2 Å². The van der Waals surface area contributed by atoms with Crippen LogP contribution in [0.5, 0.6) is 0 Å². The molecule has 0 N–H and O–H groups in total. The number of sulfone groups is 1. The molecule has 1 amide bonds. The minimum Gasteiger partial charge on any atom is -0.273 e. The van der Waals surface area contributed by atoms with Crippen molar-refractivity contribution in [3.63, 3.8) is 0 Å². The van der Waals surface area contributed by atoms with E-state index in [-0.39, 0.29) is 23.0 Å². The van der Waals surface area contributed by atoms with Crippen LogP contribution in [0.1, 0.15) is 12.8 Å². The van der Waals surface area contributed by atoms with Crippen molar-refractivity contribution < 1.29 is 18.0 Å². The van der Waals surface area contributed by atoms with Gasteiger partial charge in [0.25, 0.3) is 0 Å². The third kappa shape index (κ3) is 3.08. The molecule has 1 heterocycles. The lowest BCUT2D eigenvalue weighted by molar-refractivity contribution is -0.168. The normalized spacial score (nSPS) is 15.9. The third-order valence-corrected chi connectivity index (χ3v) is 4.45. The van der Waals surface area contributed by atoms with Gasteiger partial charge >= 0.3 is 0 Å². The maximum Gasteiger partial charge on any atom is 0.247 e. The minimum atomic E-state index is -3.39. The number of nitrogens with zero attached hydrogens (tertiary/aromatic N) is 1. The van der Waals surface area contributed by atoms with Crippen LogP contribution in [-0.4, -0.2) is 38.3 Å². The van der Waals surface area contributed by atoms with Crippen molar-refractivity contribution >= 4 is 15.7 Å². The number of amides is 1. The quantitative estimate of drug-likeness (QED) is 0.818. The molecule has 0 unspecified atom stereocenters. The summed E-state index contributed by atoms with van der Waals surface area (Å²) in [5, 5.41) is 1.25. The summed E-state index contributed by atoms with van der Waals surface area (Å²) < 4.78 is 23.9. The second-order valence-corrected chi connectivity index (χ2v) is 6.17. The van der Waals surface area contributed by atoms with Gasteiger partial charge in [-0.3, -0.25) is 9.63 Å². The van der Waals surface area contributed by atoms with Crippen molar-refractivity contribution in [2.45, 2.75) is 17.7 Å². The number of rotatable bonds is 4. The van der Waals surface area contributed by atoms with Crippen LogP contribution < -0.4 is 0 Å². The predicted molar refractivity (Wildman–Crippen MR) is 65.4 cm³/mol. The van der Waals surface area contributed by atoms with Gasteiger partial charge in [0.1, 0.15) is 0 Å². The van der Waals surface area contributed by atoms with Crippen molar-refractivity contribution in [3.05, 3.63) is 30.3 Å². The zero-order valence-corrected chi connectivity index (χ0v) is 10.7. The summed E-state index contributed by atoms with van der Waals surface area (Å²) >= 11 is 0. The number of hydrogen-bond donors (Lipinski definition) is 0.